The second-order valence-electron chi connectivity index (χ2n) is 4.72. The van der Waals surface area contributed by atoms with E-state index in [4.69, 9.17) is 5.11 Å². The molecular weight excluding hydrogens is 228 g/mol. The average Bonchev–Trinajstić information content (AvgIpc) is 2.39. The number of rotatable bonds is 4. The Morgan fingerprint density at radius 2 is 2.39 bits per heavy atom. The summed E-state index contributed by atoms with van der Waals surface area (Å²) in [4.78, 5) is 13.7. The fourth-order valence-corrected chi connectivity index (χ4v) is 2.33. The van der Waals surface area contributed by atoms with Crippen LogP contribution in [0.25, 0.3) is 0 Å². The SMILES string of the molecule is CC(=O)c1cccc(N2CCNC(CCO)C2)c1. The van der Waals surface area contributed by atoms with Crippen LogP contribution in [0.2, 0.25) is 0 Å². The highest BCUT2D eigenvalue weighted by molar-refractivity contribution is 5.94. The lowest BCUT2D eigenvalue weighted by molar-refractivity contribution is 0.101. The molecule has 0 saturated carbocycles. The van der Waals surface area contributed by atoms with Crippen molar-refractivity contribution < 1.29 is 9.90 Å². The third kappa shape index (κ3) is 3.09. The van der Waals surface area contributed by atoms with Gasteiger partial charge in [0.15, 0.2) is 5.78 Å². The van der Waals surface area contributed by atoms with E-state index < -0.39 is 0 Å². The van der Waals surface area contributed by atoms with Crippen molar-refractivity contribution in [1.29, 1.82) is 0 Å². The normalized spacial score (nSPS) is 19.9. The zero-order chi connectivity index (χ0) is 13.0. The minimum atomic E-state index is 0.0962. The molecule has 1 aliphatic heterocycles. The number of hydrogen-bond donors (Lipinski definition) is 2. The Hall–Kier alpha value is -1.39. The van der Waals surface area contributed by atoms with Crippen LogP contribution in [0.5, 0.6) is 0 Å². The second-order valence-corrected chi connectivity index (χ2v) is 4.72. The predicted octanol–water partition coefficient (Wildman–Crippen LogP) is 1.05. The van der Waals surface area contributed by atoms with Crippen LogP contribution in [0.4, 0.5) is 5.69 Å². The third-order valence-corrected chi connectivity index (χ3v) is 3.35. The third-order valence-electron chi connectivity index (χ3n) is 3.35. The number of nitrogens with one attached hydrogen (secondary N) is 1. The van der Waals surface area contributed by atoms with E-state index in [-0.39, 0.29) is 12.4 Å². The summed E-state index contributed by atoms with van der Waals surface area (Å²) in [6.07, 6.45) is 0.767. The van der Waals surface area contributed by atoms with Gasteiger partial charge in [-0.3, -0.25) is 4.79 Å². The van der Waals surface area contributed by atoms with Crippen LogP contribution < -0.4 is 10.2 Å². The Labute approximate surface area is 108 Å². The first-order chi connectivity index (χ1) is 8.70. The summed E-state index contributed by atoms with van der Waals surface area (Å²) in [7, 11) is 0. The largest absolute Gasteiger partial charge is 0.396 e. The van der Waals surface area contributed by atoms with Crippen LogP contribution in [0.1, 0.15) is 23.7 Å². The summed E-state index contributed by atoms with van der Waals surface area (Å²) in [5, 5.41) is 12.4. The smallest absolute Gasteiger partial charge is 0.159 e. The molecular formula is C14H20N2O2. The molecule has 1 aromatic rings. The summed E-state index contributed by atoms with van der Waals surface area (Å²) in [5.74, 6) is 0.0962. The van der Waals surface area contributed by atoms with Gasteiger partial charge in [-0.1, -0.05) is 12.1 Å². The van der Waals surface area contributed by atoms with Crippen molar-refractivity contribution >= 4 is 11.5 Å². The molecule has 1 aliphatic rings. The molecule has 18 heavy (non-hydrogen) atoms. The number of anilines is 1. The molecule has 0 amide bonds. The maximum atomic E-state index is 11.4. The van der Waals surface area contributed by atoms with Crippen LogP contribution in [-0.2, 0) is 0 Å². The van der Waals surface area contributed by atoms with Crippen molar-refractivity contribution in [3.8, 4) is 0 Å². The molecule has 4 heteroatoms. The first-order valence-corrected chi connectivity index (χ1v) is 6.41. The number of aliphatic hydroxyl groups excluding tert-OH is 1. The lowest BCUT2D eigenvalue weighted by Crippen LogP contribution is -2.51. The standard InChI is InChI=1S/C14H20N2O2/c1-11(18)12-3-2-4-14(9-12)16-7-6-15-13(10-16)5-8-17/h2-4,9,13,15,17H,5-8,10H2,1H3. The molecule has 0 spiro atoms. The number of hydrogen-bond acceptors (Lipinski definition) is 4. The van der Waals surface area contributed by atoms with Gasteiger partial charge < -0.3 is 15.3 Å². The van der Waals surface area contributed by atoms with Gasteiger partial charge in [0, 0.05) is 43.5 Å². The number of piperazine rings is 1. The van der Waals surface area contributed by atoms with Crippen molar-refractivity contribution in [2.75, 3.05) is 31.1 Å². The summed E-state index contributed by atoms with van der Waals surface area (Å²) in [5.41, 5.74) is 1.84. The summed E-state index contributed by atoms with van der Waals surface area (Å²) >= 11 is 0. The van der Waals surface area contributed by atoms with Crippen molar-refractivity contribution in [2.24, 2.45) is 0 Å². The van der Waals surface area contributed by atoms with Gasteiger partial charge in [0.1, 0.15) is 0 Å². The van der Waals surface area contributed by atoms with E-state index in [1.165, 1.54) is 0 Å². The number of carbonyl (C=O) groups is 1. The lowest BCUT2D eigenvalue weighted by atomic mass is 10.1. The lowest BCUT2D eigenvalue weighted by Gasteiger charge is -2.35. The Balaban J connectivity index is 2.10. The van der Waals surface area contributed by atoms with Gasteiger partial charge in [-0.15, -0.1) is 0 Å². The summed E-state index contributed by atoms with van der Waals surface area (Å²) in [6, 6.07) is 8.08. The Morgan fingerprint density at radius 3 is 3.11 bits per heavy atom. The van der Waals surface area contributed by atoms with Gasteiger partial charge >= 0.3 is 0 Å². The number of Topliss-reactive ketones (excluding diaryl/α,β-unsaturated/α-hetero) is 1. The molecule has 98 valence electrons. The quantitative estimate of drug-likeness (QED) is 0.782. The molecule has 0 aliphatic carbocycles. The summed E-state index contributed by atoms with van der Waals surface area (Å²) in [6.45, 7) is 4.52. The highest BCUT2D eigenvalue weighted by Crippen LogP contribution is 2.18. The van der Waals surface area contributed by atoms with E-state index in [0.29, 0.717) is 6.04 Å². The maximum absolute atomic E-state index is 11.4. The zero-order valence-electron chi connectivity index (χ0n) is 10.7. The molecule has 2 rings (SSSR count). The van der Waals surface area contributed by atoms with E-state index in [9.17, 15) is 4.79 Å². The minimum Gasteiger partial charge on any atom is -0.396 e. The topological polar surface area (TPSA) is 52.6 Å². The van der Waals surface area contributed by atoms with E-state index in [2.05, 4.69) is 10.2 Å². The molecule has 1 unspecified atom stereocenters. The van der Waals surface area contributed by atoms with E-state index in [1.807, 2.05) is 24.3 Å². The molecule has 0 aromatic heterocycles. The molecule has 1 aromatic carbocycles. The fourth-order valence-electron chi connectivity index (χ4n) is 2.33. The van der Waals surface area contributed by atoms with Crippen LogP contribution in [0, 0.1) is 0 Å². The van der Waals surface area contributed by atoms with Crippen molar-refractivity contribution in [1.82, 2.24) is 5.32 Å². The predicted molar refractivity (Wildman–Crippen MR) is 72.2 cm³/mol. The number of benzene rings is 1. The molecule has 0 bridgehead atoms. The van der Waals surface area contributed by atoms with E-state index >= 15 is 0 Å². The zero-order valence-corrected chi connectivity index (χ0v) is 10.7. The molecule has 4 nitrogen and oxygen atoms in total. The fraction of sp³-hybridized carbons (Fsp3) is 0.500. The van der Waals surface area contributed by atoms with Crippen molar-refractivity contribution in [3.63, 3.8) is 0 Å². The van der Waals surface area contributed by atoms with E-state index in [0.717, 1.165) is 37.3 Å². The molecule has 1 atom stereocenters. The van der Waals surface area contributed by atoms with Gasteiger partial charge in [-0.25, -0.2) is 0 Å². The van der Waals surface area contributed by atoms with Gasteiger partial charge in [0.25, 0.3) is 0 Å². The highest BCUT2D eigenvalue weighted by Gasteiger charge is 2.19. The van der Waals surface area contributed by atoms with Crippen LogP contribution >= 0.6 is 0 Å². The molecule has 1 saturated heterocycles. The van der Waals surface area contributed by atoms with Crippen LogP contribution in [0.3, 0.4) is 0 Å². The molecule has 1 heterocycles. The number of nitrogens with zero attached hydrogens (tertiary/aromatic N) is 1. The number of aliphatic hydroxyl groups is 1. The molecule has 1 fully saturated rings. The minimum absolute atomic E-state index is 0.0962. The first kappa shape index (κ1) is 13.1. The monoisotopic (exact) mass is 248 g/mol. The Bertz CT molecular complexity index is 418. The van der Waals surface area contributed by atoms with Crippen LogP contribution in [-0.4, -0.2) is 43.2 Å². The van der Waals surface area contributed by atoms with E-state index in [1.54, 1.807) is 6.92 Å². The number of carbonyl (C=O) groups excluding carboxylic acids is 1. The Kier molecular flexibility index (Phi) is 4.33. The average molecular weight is 248 g/mol. The van der Waals surface area contributed by atoms with Gasteiger partial charge in [0.05, 0.1) is 0 Å². The van der Waals surface area contributed by atoms with Crippen molar-refractivity contribution in [3.05, 3.63) is 29.8 Å². The Morgan fingerprint density at radius 1 is 1.56 bits per heavy atom. The van der Waals surface area contributed by atoms with Crippen molar-refractivity contribution in [2.45, 2.75) is 19.4 Å². The highest BCUT2D eigenvalue weighted by atomic mass is 16.3. The van der Waals surface area contributed by atoms with Gasteiger partial charge in [-0.2, -0.15) is 0 Å². The van der Waals surface area contributed by atoms with Crippen LogP contribution in [0.15, 0.2) is 24.3 Å². The maximum Gasteiger partial charge on any atom is 0.159 e. The molecule has 0 radical (unpaired) electrons. The summed E-state index contributed by atoms with van der Waals surface area (Å²) < 4.78 is 0. The second kappa shape index (κ2) is 5.98. The molecule has 2 N–H and O–H groups in total. The number of ketones is 1. The first-order valence-electron chi connectivity index (χ1n) is 6.41. The van der Waals surface area contributed by atoms with Gasteiger partial charge in [-0.05, 0) is 25.5 Å². The van der Waals surface area contributed by atoms with Gasteiger partial charge in [0.2, 0.25) is 0 Å².